The van der Waals surface area contributed by atoms with Crippen LogP contribution < -0.4 is 5.30 Å². The molecule has 96 valence electrons. The second-order valence-corrected chi connectivity index (χ2v) is 5.10. The molecule has 1 aromatic carbocycles. The molecular weight excluding hydrogens is 243 g/mol. The lowest BCUT2D eigenvalue weighted by molar-refractivity contribution is -0.260. The fourth-order valence-corrected chi connectivity index (χ4v) is 2.27. The molecule has 0 aliphatic heterocycles. The van der Waals surface area contributed by atoms with Gasteiger partial charge in [-0.3, -0.25) is 0 Å². The average molecular weight is 260 g/mol. The Balaban J connectivity index is 2.88. The van der Waals surface area contributed by atoms with Crippen molar-refractivity contribution in [3.8, 4) is 0 Å². The molecule has 0 radical (unpaired) electrons. The highest BCUT2D eigenvalue weighted by molar-refractivity contribution is 7.61. The van der Waals surface area contributed by atoms with Crippen molar-refractivity contribution in [1.29, 1.82) is 0 Å². The molecule has 0 aliphatic rings. The van der Waals surface area contributed by atoms with Crippen molar-refractivity contribution in [3.05, 3.63) is 29.8 Å². The highest BCUT2D eigenvalue weighted by Crippen LogP contribution is 2.47. The molecule has 0 aromatic heterocycles. The molecule has 0 bridgehead atoms. The van der Waals surface area contributed by atoms with E-state index in [2.05, 4.69) is 0 Å². The van der Waals surface area contributed by atoms with Gasteiger partial charge in [0, 0.05) is 0 Å². The van der Waals surface area contributed by atoms with Gasteiger partial charge in [0.2, 0.25) is 0 Å². The summed E-state index contributed by atoms with van der Waals surface area (Å²) in [7, 11) is -3.57. The largest absolute Gasteiger partial charge is 0.414 e. The van der Waals surface area contributed by atoms with Gasteiger partial charge in [-0.05, 0) is 32.9 Å². The second kappa shape index (κ2) is 6.89. The first-order valence-corrected chi connectivity index (χ1v) is 6.96. The van der Waals surface area contributed by atoms with Gasteiger partial charge in [0.15, 0.2) is 0 Å². The summed E-state index contributed by atoms with van der Waals surface area (Å²) in [6.45, 7) is 5.92. The number of hydrogen-bond acceptors (Lipinski definition) is 5. The highest BCUT2D eigenvalue weighted by Gasteiger charge is 2.30. The second-order valence-electron chi connectivity index (χ2n) is 3.30. The van der Waals surface area contributed by atoms with Crippen molar-refractivity contribution in [2.45, 2.75) is 20.8 Å². The van der Waals surface area contributed by atoms with Crippen LogP contribution in [0.15, 0.2) is 24.3 Å². The summed E-state index contributed by atoms with van der Waals surface area (Å²) in [6, 6.07) is 6.95. The van der Waals surface area contributed by atoms with Gasteiger partial charge in [-0.1, -0.05) is 17.7 Å². The maximum Gasteiger partial charge on any atom is 0.414 e. The fraction of sp³-hybridized carbons (Fsp3) is 0.455. The average Bonchev–Trinajstić information content (AvgIpc) is 2.34. The Labute approximate surface area is 101 Å². The van der Waals surface area contributed by atoms with E-state index in [1.807, 2.05) is 19.1 Å². The van der Waals surface area contributed by atoms with Gasteiger partial charge in [0.1, 0.15) is 0 Å². The van der Waals surface area contributed by atoms with Crippen LogP contribution in [0.2, 0.25) is 0 Å². The Morgan fingerprint density at radius 3 is 1.88 bits per heavy atom. The minimum atomic E-state index is -3.57. The van der Waals surface area contributed by atoms with Crippen LogP contribution in [0.1, 0.15) is 19.4 Å². The topological polar surface area (TPSA) is 54.0 Å². The molecule has 0 unspecified atom stereocenters. The molecule has 0 saturated carbocycles. The molecule has 6 heteroatoms. The molecule has 0 N–H and O–H groups in total. The molecule has 0 aliphatic carbocycles. The number of aryl methyl sites for hydroxylation is 1. The Kier molecular flexibility index (Phi) is 5.82. The first kappa shape index (κ1) is 14.4. The van der Waals surface area contributed by atoms with Gasteiger partial charge in [-0.2, -0.15) is 0 Å². The summed E-state index contributed by atoms with van der Waals surface area (Å²) in [6.07, 6.45) is 0. The number of benzene rings is 1. The molecule has 0 spiro atoms. The summed E-state index contributed by atoms with van der Waals surface area (Å²) in [5.41, 5.74) is 1.05. The molecule has 0 saturated heterocycles. The van der Waals surface area contributed by atoms with E-state index in [9.17, 15) is 4.57 Å². The predicted molar refractivity (Wildman–Crippen MR) is 63.8 cm³/mol. The van der Waals surface area contributed by atoms with E-state index < -0.39 is 7.60 Å². The smallest absolute Gasteiger partial charge is 0.250 e. The Bertz CT molecular complexity index is 364. The van der Waals surface area contributed by atoms with Crippen molar-refractivity contribution in [2.24, 2.45) is 0 Å². The van der Waals surface area contributed by atoms with E-state index in [0.29, 0.717) is 5.30 Å². The molecule has 17 heavy (non-hydrogen) atoms. The monoisotopic (exact) mass is 260 g/mol. The van der Waals surface area contributed by atoms with Crippen LogP contribution >= 0.6 is 7.60 Å². The van der Waals surface area contributed by atoms with E-state index in [1.54, 1.807) is 26.0 Å². The molecule has 1 rings (SSSR count). The van der Waals surface area contributed by atoms with Gasteiger partial charge < -0.3 is 0 Å². The van der Waals surface area contributed by atoms with Gasteiger partial charge in [-0.25, -0.2) is 14.3 Å². The lowest BCUT2D eigenvalue weighted by Crippen LogP contribution is -2.11. The molecule has 0 atom stereocenters. The van der Waals surface area contributed by atoms with Gasteiger partial charge >= 0.3 is 7.60 Å². The lowest BCUT2D eigenvalue weighted by Gasteiger charge is -2.15. The maximum absolute atomic E-state index is 12.3. The first-order chi connectivity index (χ1) is 8.12. The normalized spacial score (nSPS) is 11.7. The number of hydrogen-bond donors (Lipinski definition) is 0. The maximum atomic E-state index is 12.3. The van der Waals surface area contributed by atoms with Crippen molar-refractivity contribution in [2.75, 3.05) is 13.2 Å². The molecule has 5 nitrogen and oxygen atoms in total. The van der Waals surface area contributed by atoms with Crippen molar-refractivity contribution in [3.63, 3.8) is 0 Å². The standard InChI is InChI=1S/C11H17O5P/c1-4-13-15-17(12,16-14-5-2)11-8-6-10(3)7-9-11/h6-9H,4-5H2,1-3H3. The Morgan fingerprint density at radius 2 is 1.47 bits per heavy atom. The third-order valence-corrected chi connectivity index (χ3v) is 3.42. The van der Waals surface area contributed by atoms with Crippen LogP contribution in [0, 0.1) is 6.92 Å². The van der Waals surface area contributed by atoms with Crippen LogP contribution in [0.25, 0.3) is 0 Å². The molecule has 0 amide bonds. The van der Waals surface area contributed by atoms with E-state index in [0.717, 1.165) is 5.56 Å². The molecule has 0 heterocycles. The van der Waals surface area contributed by atoms with Crippen LogP contribution in [-0.4, -0.2) is 13.2 Å². The van der Waals surface area contributed by atoms with Gasteiger partial charge in [0.05, 0.1) is 18.5 Å². The summed E-state index contributed by atoms with van der Waals surface area (Å²) in [4.78, 5) is 9.42. The third-order valence-electron chi connectivity index (χ3n) is 1.89. The zero-order valence-electron chi connectivity index (χ0n) is 10.2. The summed E-state index contributed by atoms with van der Waals surface area (Å²) in [5, 5.41) is 0.394. The predicted octanol–water partition coefficient (Wildman–Crippen LogP) is 2.75. The van der Waals surface area contributed by atoms with Crippen molar-refractivity contribution in [1.82, 2.24) is 0 Å². The van der Waals surface area contributed by atoms with E-state index in [-0.39, 0.29) is 13.2 Å². The number of rotatable bonds is 7. The fourth-order valence-electron chi connectivity index (χ4n) is 1.07. The molecular formula is C11H17O5P. The molecule has 0 fully saturated rings. The zero-order valence-corrected chi connectivity index (χ0v) is 11.1. The quantitative estimate of drug-likeness (QED) is 0.428. The van der Waals surface area contributed by atoms with Crippen LogP contribution in [-0.2, 0) is 23.7 Å². The third kappa shape index (κ3) is 4.22. The highest BCUT2D eigenvalue weighted by atomic mass is 31.2. The lowest BCUT2D eigenvalue weighted by atomic mass is 10.2. The minimum Gasteiger partial charge on any atom is -0.250 e. The van der Waals surface area contributed by atoms with Gasteiger partial charge in [0.25, 0.3) is 0 Å². The summed E-state index contributed by atoms with van der Waals surface area (Å²) in [5.74, 6) is 0. The van der Waals surface area contributed by atoms with Crippen LogP contribution in [0.4, 0.5) is 0 Å². The Morgan fingerprint density at radius 1 is 1.00 bits per heavy atom. The zero-order chi connectivity index (χ0) is 12.7. The van der Waals surface area contributed by atoms with Gasteiger partial charge in [-0.15, -0.1) is 9.35 Å². The Hall–Kier alpha value is -0.710. The SMILES string of the molecule is CCOOP(=O)(OOCC)c1ccc(C)cc1. The van der Waals surface area contributed by atoms with Crippen LogP contribution in [0.5, 0.6) is 0 Å². The van der Waals surface area contributed by atoms with E-state index in [1.165, 1.54) is 0 Å². The van der Waals surface area contributed by atoms with E-state index >= 15 is 0 Å². The minimum absolute atomic E-state index is 0.269. The summed E-state index contributed by atoms with van der Waals surface area (Å²) < 4.78 is 22.0. The van der Waals surface area contributed by atoms with E-state index in [4.69, 9.17) is 19.1 Å². The summed E-state index contributed by atoms with van der Waals surface area (Å²) >= 11 is 0. The van der Waals surface area contributed by atoms with Crippen molar-refractivity contribution >= 4 is 12.9 Å². The first-order valence-electron chi connectivity index (χ1n) is 5.42. The molecule has 1 aromatic rings. The van der Waals surface area contributed by atoms with Crippen LogP contribution in [0.3, 0.4) is 0 Å². The van der Waals surface area contributed by atoms with Crippen molar-refractivity contribution < 1.29 is 23.7 Å².